The van der Waals surface area contributed by atoms with Gasteiger partial charge in [-0.3, -0.25) is 4.79 Å². The lowest BCUT2D eigenvalue weighted by Crippen LogP contribution is -2.51. The second-order valence-corrected chi connectivity index (χ2v) is 6.02. The van der Waals surface area contributed by atoms with E-state index in [1.54, 1.807) is 0 Å². The quantitative estimate of drug-likeness (QED) is 0.800. The first-order chi connectivity index (χ1) is 8.64. The largest absolute Gasteiger partial charge is 0.394 e. The maximum atomic E-state index is 12.4. The molecule has 1 saturated heterocycles. The minimum Gasteiger partial charge on any atom is -0.394 e. The number of piperidine rings is 1. The molecule has 0 aromatic rings. The molecular weight excluding hydrogens is 228 g/mol. The summed E-state index contributed by atoms with van der Waals surface area (Å²) in [4.78, 5) is 14.2. The molecular formula is C14H26N2O2. The summed E-state index contributed by atoms with van der Waals surface area (Å²) in [6.07, 6.45) is 9.04. The molecule has 1 heterocycles. The summed E-state index contributed by atoms with van der Waals surface area (Å²) in [7, 11) is 0. The molecule has 4 nitrogen and oxygen atoms in total. The molecule has 104 valence electrons. The fraction of sp³-hybridized carbons (Fsp3) is 0.929. The molecule has 0 spiro atoms. The smallest absolute Gasteiger partial charge is 0.224 e. The SMILES string of the molecule is NC1(CC(=O)N2CCCCC2CO)CCCCC1. The zero-order valence-electron chi connectivity index (χ0n) is 11.2. The Balaban J connectivity index is 1.93. The number of amides is 1. The van der Waals surface area contributed by atoms with Gasteiger partial charge in [0, 0.05) is 18.5 Å². The summed E-state index contributed by atoms with van der Waals surface area (Å²) >= 11 is 0. The second kappa shape index (κ2) is 6.02. The van der Waals surface area contributed by atoms with E-state index in [1.165, 1.54) is 6.42 Å². The number of nitrogens with two attached hydrogens (primary N) is 1. The lowest BCUT2D eigenvalue weighted by Gasteiger charge is -2.39. The standard InChI is InChI=1S/C14H26N2O2/c15-14(7-3-1-4-8-14)10-13(18)16-9-5-2-6-12(16)11-17/h12,17H,1-11,15H2. The zero-order chi connectivity index (χ0) is 13.0. The molecule has 3 N–H and O–H groups in total. The van der Waals surface area contributed by atoms with E-state index >= 15 is 0 Å². The maximum Gasteiger partial charge on any atom is 0.224 e. The third-order valence-electron chi connectivity index (χ3n) is 4.51. The van der Waals surface area contributed by atoms with Crippen molar-refractivity contribution >= 4 is 5.91 Å². The van der Waals surface area contributed by atoms with Crippen LogP contribution in [0.3, 0.4) is 0 Å². The number of nitrogens with zero attached hydrogens (tertiary/aromatic N) is 1. The second-order valence-electron chi connectivity index (χ2n) is 6.02. The summed E-state index contributed by atoms with van der Waals surface area (Å²) in [6.45, 7) is 0.878. The van der Waals surface area contributed by atoms with E-state index in [0.717, 1.165) is 51.5 Å². The van der Waals surface area contributed by atoms with Gasteiger partial charge in [-0.15, -0.1) is 0 Å². The van der Waals surface area contributed by atoms with Crippen LogP contribution in [0.5, 0.6) is 0 Å². The highest BCUT2D eigenvalue weighted by atomic mass is 16.3. The van der Waals surface area contributed by atoms with Crippen LogP contribution >= 0.6 is 0 Å². The van der Waals surface area contributed by atoms with Gasteiger partial charge in [0.05, 0.1) is 12.6 Å². The van der Waals surface area contributed by atoms with Gasteiger partial charge in [0.1, 0.15) is 0 Å². The van der Waals surface area contributed by atoms with Crippen LogP contribution in [0.1, 0.15) is 57.8 Å². The van der Waals surface area contributed by atoms with Gasteiger partial charge in [0.2, 0.25) is 5.91 Å². The van der Waals surface area contributed by atoms with Crippen LogP contribution in [-0.2, 0) is 4.79 Å². The molecule has 0 aromatic carbocycles. The number of hydrogen-bond acceptors (Lipinski definition) is 3. The van der Waals surface area contributed by atoms with Crippen molar-refractivity contribution in [3.63, 3.8) is 0 Å². The number of aliphatic hydroxyl groups excluding tert-OH is 1. The molecule has 1 saturated carbocycles. The first-order valence-electron chi connectivity index (χ1n) is 7.34. The Labute approximate surface area is 110 Å². The molecule has 1 aliphatic heterocycles. The first kappa shape index (κ1) is 13.8. The number of rotatable bonds is 3. The molecule has 4 heteroatoms. The summed E-state index contributed by atoms with van der Waals surface area (Å²) in [6, 6.07) is 0.0263. The van der Waals surface area contributed by atoms with Crippen LogP contribution < -0.4 is 5.73 Å². The molecule has 1 amide bonds. The Hall–Kier alpha value is -0.610. The van der Waals surface area contributed by atoms with Gasteiger partial charge in [-0.1, -0.05) is 19.3 Å². The van der Waals surface area contributed by atoms with Gasteiger partial charge in [-0.05, 0) is 32.1 Å². The predicted octanol–water partition coefficient (Wildman–Crippen LogP) is 1.41. The van der Waals surface area contributed by atoms with E-state index in [0.29, 0.717) is 6.42 Å². The zero-order valence-corrected chi connectivity index (χ0v) is 11.2. The van der Waals surface area contributed by atoms with Crippen molar-refractivity contribution in [3.8, 4) is 0 Å². The van der Waals surface area contributed by atoms with Crippen LogP contribution in [0.4, 0.5) is 0 Å². The molecule has 2 fully saturated rings. The Morgan fingerprint density at radius 1 is 1.22 bits per heavy atom. The maximum absolute atomic E-state index is 12.4. The molecule has 1 aliphatic carbocycles. The normalized spacial score (nSPS) is 28.1. The molecule has 1 atom stereocenters. The molecule has 18 heavy (non-hydrogen) atoms. The molecule has 1 unspecified atom stereocenters. The molecule has 0 aromatic heterocycles. The lowest BCUT2D eigenvalue weighted by atomic mass is 9.79. The van der Waals surface area contributed by atoms with Gasteiger partial charge in [0.15, 0.2) is 0 Å². The monoisotopic (exact) mass is 254 g/mol. The van der Waals surface area contributed by atoms with Gasteiger partial charge < -0.3 is 15.7 Å². The van der Waals surface area contributed by atoms with Gasteiger partial charge >= 0.3 is 0 Å². The van der Waals surface area contributed by atoms with E-state index in [4.69, 9.17) is 5.73 Å². The minimum absolute atomic E-state index is 0.0263. The van der Waals surface area contributed by atoms with Crippen LogP contribution in [0.25, 0.3) is 0 Å². The third-order valence-corrected chi connectivity index (χ3v) is 4.51. The Bertz CT molecular complexity index is 288. The average Bonchev–Trinajstić information content (AvgIpc) is 2.39. The van der Waals surface area contributed by atoms with Gasteiger partial charge in [-0.25, -0.2) is 0 Å². The minimum atomic E-state index is -0.285. The number of carbonyl (C=O) groups excluding carboxylic acids is 1. The third kappa shape index (κ3) is 3.23. The van der Waals surface area contributed by atoms with E-state index in [9.17, 15) is 9.90 Å². The van der Waals surface area contributed by atoms with E-state index in [1.807, 2.05) is 4.90 Å². The van der Waals surface area contributed by atoms with E-state index in [2.05, 4.69) is 0 Å². The van der Waals surface area contributed by atoms with Crippen molar-refractivity contribution in [2.45, 2.75) is 69.4 Å². The fourth-order valence-corrected chi connectivity index (χ4v) is 3.35. The number of likely N-dealkylation sites (tertiary alicyclic amines) is 1. The fourth-order valence-electron chi connectivity index (χ4n) is 3.35. The Morgan fingerprint density at radius 2 is 1.94 bits per heavy atom. The van der Waals surface area contributed by atoms with Crippen LogP contribution in [0.2, 0.25) is 0 Å². The van der Waals surface area contributed by atoms with Crippen molar-refractivity contribution in [3.05, 3.63) is 0 Å². The summed E-state index contributed by atoms with van der Waals surface area (Å²) in [5.74, 6) is 0.151. The van der Waals surface area contributed by atoms with Crippen molar-refractivity contribution in [2.24, 2.45) is 5.73 Å². The highest BCUT2D eigenvalue weighted by Gasteiger charge is 2.34. The van der Waals surface area contributed by atoms with Crippen LogP contribution in [-0.4, -0.2) is 40.6 Å². The number of carbonyl (C=O) groups is 1. The summed E-state index contributed by atoms with van der Waals surface area (Å²) < 4.78 is 0. The molecule has 2 aliphatic rings. The molecule has 2 rings (SSSR count). The van der Waals surface area contributed by atoms with Crippen molar-refractivity contribution < 1.29 is 9.90 Å². The van der Waals surface area contributed by atoms with Gasteiger partial charge in [-0.2, -0.15) is 0 Å². The average molecular weight is 254 g/mol. The highest BCUT2D eigenvalue weighted by Crippen LogP contribution is 2.30. The predicted molar refractivity (Wildman–Crippen MR) is 71.1 cm³/mol. The Kier molecular flexibility index (Phi) is 4.62. The molecule has 0 radical (unpaired) electrons. The summed E-state index contributed by atoms with van der Waals surface area (Å²) in [5, 5.41) is 9.36. The number of aliphatic hydroxyl groups is 1. The topological polar surface area (TPSA) is 66.6 Å². The summed E-state index contributed by atoms with van der Waals surface area (Å²) in [5.41, 5.74) is 6.06. The lowest BCUT2D eigenvalue weighted by molar-refractivity contribution is -0.137. The highest BCUT2D eigenvalue weighted by molar-refractivity contribution is 5.78. The Morgan fingerprint density at radius 3 is 2.61 bits per heavy atom. The van der Waals surface area contributed by atoms with E-state index < -0.39 is 0 Å². The number of hydrogen-bond donors (Lipinski definition) is 2. The van der Waals surface area contributed by atoms with Crippen molar-refractivity contribution in [1.82, 2.24) is 4.90 Å². The van der Waals surface area contributed by atoms with Crippen molar-refractivity contribution in [1.29, 1.82) is 0 Å². The molecule has 0 bridgehead atoms. The van der Waals surface area contributed by atoms with Crippen molar-refractivity contribution in [2.75, 3.05) is 13.2 Å². The van der Waals surface area contributed by atoms with E-state index in [-0.39, 0.29) is 24.1 Å². The van der Waals surface area contributed by atoms with Crippen LogP contribution in [0.15, 0.2) is 0 Å². The first-order valence-corrected chi connectivity index (χ1v) is 7.34. The van der Waals surface area contributed by atoms with Gasteiger partial charge in [0.25, 0.3) is 0 Å². The van der Waals surface area contributed by atoms with Crippen LogP contribution in [0, 0.1) is 0 Å².